The number of ether oxygens (including phenoxy) is 2. The molecule has 8 heteroatoms. The van der Waals surface area contributed by atoms with Crippen LogP contribution in [0.1, 0.15) is 16.1 Å². The van der Waals surface area contributed by atoms with Crippen molar-refractivity contribution in [2.45, 2.75) is 0 Å². The van der Waals surface area contributed by atoms with Crippen molar-refractivity contribution < 1.29 is 23.5 Å². The van der Waals surface area contributed by atoms with E-state index >= 15 is 0 Å². The van der Waals surface area contributed by atoms with Crippen LogP contribution in [0.5, 0.6) is 11.5 Å². The standard InChI is InChI=1S/C24H17BrClNO5/c1-30-19-11-10-14(12-16(19)25)23(29)24-22(15-6-2-4-8-18(15)32-24)27-21(28)13-31-20-9-5-3-7-17(20)26/h2-12H,13H2,1H3,(H,27,28). The van der Waals surface area contributed by atoms with Gasteiger partial charge in [0.1, 0.15) is 17.1 Å². The lowest BCUT2D eigenvalue weighted by molar-refractivity contribution is -0.118. The molecule has 4 rings (SSSR count). The van der Waals surface area contributed by atoms with E-state index in [1.807, 2.05) is 0 Å². The number of carbonyl (C=O) groups is 2. The van der Waals surface area contributed by atoms with Gasteiger partial charge < -0.3 is 19.2 Å². The minimum atomic E-state index is -0.457. The number of nitrogens with one attached hydrogen (secondary N) is 1. The number of amides is 1. The fourth-order valence-electron chi connectivity index (χ4n) is 3.15. The van der Waals surface area contributed by atoms with E-state index in [4.69, 9.17) is 25.5 Å². The number of methoxy groups -OCH3 is 1. The van der Waals surface area contributed by atoms with E-state index < -0.39 is 5.91 Å². The molecule has 0 atom stereocenters. The number of benzene rings is 3. The van der Waals surface area contributed by atoms with Gasteiger partial charge in [0.25, 0.3) is 5.91 Å². The second-order valence-electron chi connectivity index (χ2n) is 6.75. The Morgan fingerprint density at radius 1 is 1.03 bits per heavy atom. The smallest absolute Gasteiger partial charge is 0.262 e. The fourth-order valence-corrected chi connectivity index (χ4v) is 3.88. The van der Waals surface area contributed by atoms with Gasteiger partial charge in [-0.1, -0.05) is 35.9 Å². The lowest BCUT2D eigenvalue weighted by Gasteiger charge is -2.09. The monoisotopic (exact) mass is 513 g/mol. The Labute approximate surface area is 197 Å². The SMILES string of the molecule is COc1ccc(C(=O)c2oc3ccccc3c2NC(=O)COc2ccccc2Cl)cc1Br. The van der Waals surface area contributed by atoms with Gasteiger partial charge in [0.2, 0.25) is 5.78 Å². The quantitative estimate of drug-likeness (QED) is 0.301. The topological polar surface area (TPSA) is 77.8 Å². The molecule has 3 aromatic carbocycles. The van der Waals surface area contributed by atoms with Crippen LogP contribution in [0, 0.1) is 0 Å². The van der Waals surface area contributed by atoms with Crippen LogP contribution in [0.2, 0.25) is 5.02 Å². The number of para-hydroxylation sites is 2. The van der Waals surface area contributed by atoms with Crippen LogP contribution in [0.25, 0.3) is 11.0 Å². The molecule has 1 heterocycles. The molecular weight excluding hydrogens is 498 g/mol. The maximum atomic E-state index is 13.2. The average Bonchev–Trinajstić information content (AvgIpc) is 3.16. The summed E-state index contributed by atoms with van der Waals surface area (Å²) in [6.45, 7) is -0.287. The number of rotatable bonds is 7. The fraction of sp³-hybridized carbons (Fsp3) is 0.0833. The Morgan fingerprint density at radius 3 is 2.53 bits per heavy atom. The predicted molar refractivity (Wildman–Crippen MR) is 126 cm³/mol. The molecule has 0 fully saturated rings. The zero-order valence-electron chi connectivity index (χ0n) is 16.9. The summed E-state index contributed by atoms with van der Waals surface area (Å²) in [4.78, 5) is 25.9. The highest BCUT2D eigenvalue weighted by Gasteiger charge is 2.24. The molecule has 32 heavy (non-hydrogen) atoms. The maximum Gasteiger partial charge on any atom is 0.262 e. The van der Waals surface area contributed by atoms with Gasteiger partial charge >= 0.3 is 0 Å². The van der Waals surface area contributed by atoms with Crippen LogP contribution in [0.15, 0.2) is 75.6 Å². The van der Waals surface area contributed by atoms with Gasteiger partial charge in [-0.15, -0.1) is 0 Å². The first kappa shape index (κ1) is 21.9. The van der Waals surface area contributed by atoms with E-state index in [9.17, 15) is 9.59 Å². The molecule has 0 aliphatic rings. The first-order valence-electron chi connectivity index (χ1n) is 9.55. The predicted octanol–water partition coefficient (Wildman–Crippen LogP) is 6.11. The van der Waals surface area contributed by atoms with Crippen LogP contribution in [-0.4, -0.2) is 25.4 Å². The number of hydrogen-bond donors (Lipinski definition) is 1. The Kier molecular flexibility index (Phi) is 6.48. The molecule has 0 saturated carbocycles. The van der Waals surface area contributed by atoms with Gasteiger partial charge in [0, 0.05) is 10.9 Å². The number of hydrogen-bond acceptors (Lipinski definition) is 5. The second-order valence-corrected chi connectivity index (χ2v) is 8.01. The summed E-state index contributed by atoms with van der Waals surface area (Å²) in [7, 11) is 1.54. The number of fused-ring (bicyclic) bond motifs is 1. The van der Waals surface area contributed by atoms with Crippen molar-refractivity contribution in [1.29, 1.82) is 0 Å². The summed E-state index contributed by atoms with van der Waals surface area (Å²) in [5.41, 5.74) is 1.13. The molecule has 1 aromatic heterocycles. The van der Waals surface area contributed by atoms with Crippen molar-refractivity contribution in [2.24, 2.45) is 0 Å². The van der Waals surface area contributed by atoms with E-state index in [1.165, 1.54) is 0 Å². The molecule has 162 valence electrons. The maximum absolute atomic E-state index is 13.2. The van der Waals surface area contributed by atoms with E-state index in [-0.39, 0.29) is 23.8 Å². The Bertz CT molecular complexity index is 1320. The van der Waals surface area contributed by atoms with E-state index in [2.05, 4.69) is 21.2 Å². The number of halogens is 2. The molecule has 0 spiro atoms. The summed E-state index contributed by atoms with van der Waals surface area (Å²) in [5.74, 6) is 0.167. The van der Waals surface area contributed by atoms with Gasteiger partial charge in [-0.05, 0) is 58.4 Å². The summed E-state index contributed by atoms with van der Waals surface area (Å²) in [5, 5.41) is 3.76. The number of carbonyl (C=O) groups excluding carboxylic acids is 2. The summed E-state index contributed by atoms with van der Waals surface area (Å²) < 4.78 is 17.2. The molecular formula is C24H17BrClNO5. The lowest BCUT2D eigenvalue weighted by Crippen LogP contribution is -2.21. The van der Waals surface area contributed by atoms with Crippen LogP contribution >= 0.6 is 27.5 Å². The second kappa shape index (κ2) is 9.46. The summed E-state index contributed by atoms with van der Waals surface area (Å²) in [6, 6.07) is 18.9. The third-order valence-corrected chi connectivity index (χ3v) is 5.61. The molecule has 6 nitrogen and oxygen atoms in total. The Balaban J connectivity index is 1.63. The lowest BCUT2D eigenvalue weighted by atomic mass is 10.1. The molecule has 0 aliphatic heterocycles. The highest BCUT2D eigenvalue weighted by Crippen LogP contribution is 2.34. The first-order chi connectivity index (χ1) is 15.5. The van der Waals surface area contributed by atoms with Gasteiger partial charge in [-0.2, -0.15) is 0 Å². The van der Waals surface area contributed by atoms with Gasteiger partial charge in [0.15, 0.2) is 12.4 Å². The van der Waals surface area contributed by atoms with Crippen LogP contribution in [0.3, 0.4) is 0 Å². The number of anilines is 1. The number of furan rings is 1. The van der Waals surface area contributed by atoms with Gasteiger partial charge in [-0.3, -0.25) is 9.59 Å². The zero-order chi connectivity index (χ0) is 22.7. The normalized spacial score (nSPS) is 10.7. The molecule has 0 radical (unpaired) electrons. The minimum Gasteiger partial charge on any atom is -0.496 e. The molecule has 1 N–H and O–H groups in total. The highest BCUT2D eigenvalue weighted by atomic mass is 79.9. The third kappa shape index (κ3) is 4.49. The van der Waals surface area contributed by atoms with Crippen molar-refractivity contribution in [3.63, 3.8) is 0 Å². The summed E-state index contributed by atoms with van der Waals surface area (Å²) in [6.07, 6.45) is 0. The molecule has 0 bridgehead atoms. The number of ketones is 1. The average molecular weight is 515 g/mol. The Hall–Kier alpha value is -3.29. The molecule has 1 amide bonds. The van der Waals surface area contributed by atoms with Crippen LogP contribution < -0.4 is 14.8 Å². The van der Waals surface area contributed by atoms with Crippen molar-refractivity contribution >= 4 is 55.9 Å². The largest absolute Gasteiger partial charge is 0.496 e. The van der Waals surface area contributed by atoms with Crippen LogP contribution in [-0.2, 0) is 4.79 Å². The van der Waals surface area contributed by atoms with Gasteiger partial charge in [-0.25, -0.2) is 0 Å². The Morgan fingerprint density at radius 2 is 1.78 bits per heavy atom. The van der Waals surface area contributed by atoms with Crippen molar-refractivity contribution in [3.8, 4) is 11.5 Å². The highest BCUT2D eigenvalue weighted by molar-refractivity contribution is 9.10. The third-order valence-electron chi connectivity index (χ3n) is 4.68. The van der Waals surface area contributed by atoms with Crippen LogP contribution in [0.4, 0.5) is 5.69 Å². The molecule has 0 saturated heterocycles. The van der Waals surface area contributed by atoms with Crippen molar-refractivity contribution in [3.05, 3.63) is 87.5 Å². The minimum absolute atomic E-state index is 0.0226. The first-order valence-corrected chi connectivity index (χ1v) is 10.7. The van der Waals surface area contributed by atoms with E-state index in [0.717, 1.165) is 0 Å². The molecule has 0 unspecified atom stereocenters. The van der Waals surface area contributed by atoms with Gasteiger partial charge in [0.05, 0.1) is 22.3 Å². The summed E-state index contributed by atoms with van der Waals surface area (Å²) >= 11 is 9.45. The van der Waals surface area contributed by atoms with E-state index in [0.29, 0.717) is 37.5 Å². The van der Waals surface area contributed by atoms with E-state index in [1.54, 1.807) is 73.8 Å². The zero-order valence-corrected chi connectivity index (χ0v) is 19.2. The molecule has 4 aromatic rings. The van der Waals surface area contributed by atoms with Crippen molar-refractivity contribution in [2.75, 3.05) is 19.0 Å². The molecule has 0 aliphatic carbocycles. The van der Waals surface area contributed by atoms with Crippen molar-refractivity contribution in [1.82, 2.24) is 0 Å².